The van der Waals surface area contributed by atoms with Crippen LogP contribution in [0, 0.1) is 0 Å². The van der Waals surface area contributed by atoms with Gasteiger partial charge in [0.2, 0.25) is 5.91 Å². The van der Waals surface area contributed by atoms with Gasteiger partial charge in [0.05, 0.1) is 12.5 Å². The van der Waals surface area contributed by atoms with E-state index in [1.807, 2.05) is 18.3 Å². The van der Waals surface area contributed by atoms with Crippen molar-refractivity contribution in [1.29, 1.82) is 0 Å². The van der Waals surface area contributed by atoms with E-state index in [2.05, 4.69) is 17.2 Å². The third-order valence-corrected chi connectivity index (χ3v) is 5.30. The van der Waals surface area contributed by atoms with E-state index in [0.29, 0.717) is 12.3 Å². The fourth-order valence-electron chi connectivity index (χ4n) is 2.98. The number of hydrogen-bond donors (Lipinski definition) is 2. The van der Waals surface area contributed by atoms with Gasteiger partial charge >= 0.3 is 0 Å². The number of aryl methyl sites for hydroxylation is 1. The first kappa shape index (κ1) is 15.0. The molecule has 1 atom stereocenters. The van der Waals surface area contributed by atoms with Crippen LogP contribution in [0.1, 0.15) is 46.7 Å². The number of aromatic nitrogens is 1. The van der Waals surface area contributed by atoms with Crippen molar-refractivity contribution in [3.05, 3.63) is 45.4 Å². The Hall–Kier alpha value is -1.88. The number of nitrogens with zero attached hydrogens (tertiary/aromatic N) is 1. The molecule has 0 spiro atoms. The number of hydrogen-bond acceptors (Lipinski definition) is 4. The van der Waals surface area contributed by atoms with Crippen molar-refractivity contribution >= 4 is 17.2 Å². The number of phenols is 1. The second-order valence-electron chi connectivity index (χ2n) is 5.58. The molecule has 0 fully saturated rings. The lowest BCUT2D eigenvalue weighted by molar-refractivity contribution is -0.123. The minimum Gasteiger partial charge on any atom is -0.508 e. The van der Waals surface area contributed by atoms with E-state index >= 15 is 0 Å². The van der Waals surface area contributed by atoms with E-state index < -0.39 is 0 Å². The van der Waals surface area contributed by atoms with Crippen LogP contribution >= 0.6 is 11.3 Å². The van der Waals surface area contributed by atoms with Crippen LogP contribution in [0.2, 0.25) is 0 Å². The Bertz CT molecular complexity index is 681. The van der Waals surface area contributed by atoms with Gasteiger partial charge in [-0.2, -0.15) is 0 Å². The molecule has 1 aliphatic carbocycles. The molecule has 1 unspecified atom stereocenters. The van der Waals surface area contributed by atoms with Gasteiger partial charge in [0, 0.05) is 11.1 Å². The molecule has 5 heteroatoms. The highest BCUT2D eigenvalue weighted by Crippen LogP contribution is 2.36. The summed E-state index contributed by atoms with van der Waals surface area (Å²) >= 11 is 1.64. The molecule has 4 nitrogen and oxygen atoms in total. The molecule has 1 amide bonds. The van der Waals surface area contributed by atoms with Crippen molar-refractivity contribution in [2.45, 2.75) is 45.1 Å². The lowest BCUT2D eigenvalue weighted by Gasteiger charge is -2.25. The Labute approximate surface area is 134 Å². The van der Waals surface area contributed by atoms with Crippen LogP contribution in [-0.2, 0) is 24.2 Å². The highest BCUT2D eigenvalue weighted by atomic mass is 32.1. The van der Waals surface area contributed by atoms with Crippen LogP contribution in [0.4, 0.5) is 0 Å². The number of rotatable bonds is 4. The van der Waals surface area contributed by atoms with Crippen molar-refractivity contribution in [2.75, 3.05) is 0 Å². The predicted octanol–water partition coefficient (Wildman–Crippen LogP) is 3.15. The molecule has 2 N–H and O–H groups in total. The van der Waals surface area contributed by atoms with Crippen molar-refractivity contribution in [3.8, 4) is 5.75 Å². The summed E-state index contributed by atoms with van der Waals surface area (Å²) in [7, 11) is 0. The smallest absolute Gasteiger partial charge is 0.227 e. The van der Waals surface area contributed by atoms with Crippen LogP contribution in [0.25, 0.3) is 0 Å². The van der Waals surface area contributed by atoms with E-state index in [4.69, 9.17) is 0 Å². The zero-order valence-electron chi connectivity index (χ0n) is 12.6. The van der Waals surface area contributed by atoms with E-state index in [9.17, 15) is 9.90 Å². The molecule has 22 heavy (non-hydrogen) atoms. The Morgan fingerprint density at radius 1 is 1.50 bits per heavy atom. The van der Waals surface area contributed by atoms with Gasteiger partial charge in [-0.3, -0.25) is 4.79 Å². The maximum absolute atomic E-state index is 12.5. The third-order valence-electron chi connectivity index (χ3n) is 4.16. The van der Waals surface area contributed by atoms with E-state index in [1.54, 1.807) is 17.4 Å². The maximum atomic E-state index is 12.5. The number of thiazole rings is 1. The largest absolute Gasteiger partial charge is 0.508 e. The first-order valence-corrected chi connectivity index (χ1v) is 8.52. The predicted molar refractivity (Wildman–Crippen MR) is 87.1 cm³/mol. The number of fused-ring (bicyclic) bond motifs is 1. The minimum atomic E-state index is -0.165. The second-order valence-corrected chi connectivity index (χ2v) is 6.78. The molecule has 0 radical (unpaired) electrons. The fourth-order valence-corrected chi connectivity index (χ4v) is 3.78. The average Bonchev–Trinajstić information content (AvgIpc) is 3.00. The number of aromatic hydroxyl groups is 1. The van der Waals surface area contributed by atoms with E-state index in [1.165, 1.54) is 4.88 Å². The summed E-state index contributed by atoms with van der Waals surface area (Å²) in [4.78, 5) is 18.1. The number of nitrogens with one attached hydrogen (secondary N) is 1. The maximum Gasteiger partial charge on any atom is 0.227 e. The molecule has 1 aromatic heterocycles. The number of amides is 1. The molecule has 0 saturated carbocycles. The highest BCUT2D eigenvalue weighted by Gasteiger charge is 2.27. The molecule has 1 aromatic carbocycles. The molecule has 0 aliphatic heterocycles. The Balaban J connectivity index is 1.70. The number of carbonyl (C=O) groups is 1. The summed E-state index contributed by atoms with van der Waals surface area (Å²) in [5.41, 5.74) is 1.90. The first-order chi connectivity index (χ1) is 10.7. The summed E-state index contributed by atoms with van der Waals surface area (Å²) in [5.74, 6) is 0.170. The second kappa shape index (κ2) is 6.48. The Morgan fingerprint density at radius 3 is 3.14 bits per heavy atom. The molecule has 1 aliphatic rings. The summed E-state index contributed by atoms with van der Waals surface area (Å²) in [5, 5.41) is 13.9. The number of phenolic OH excluding ortho intramolecular Hbond substituents is 1. The fraction of sp³-hybridized carbons (Fsp3) is 0.412. The van der Waals surface area contributed by atoms with Crippen LogP contribution in [0.5, 0.6) is 5.75 Å². The van der Waals surface area contributed by atoms with Crippen molar-refractivity contribution < 1.29 is 9.90 Å². The third kappa shape index (κ3) is 2.99. The molecule has 3 rings (SSSR count). The number of benzene rings is 1. The minimum absolute atomic E-state index is 0.0276. The number of carbonyl (C=O) groups excluding carboxylic acids is 1. The Morgan fingerprint density at radius 2 is 2.36 bits per heavy atom. The van der Waals surface area contributed by atoms with Gasteiger partial charge in [0.15, 0.2) is 0 Å². The van der Waals surface area contributed by atoms with Gasteiger partial charge in [-0.1, -0.05) is 19.1 Å². The lowest BCUT2D eigenvalue weighted by Crippen LogP contribution is -2.31. The molecule has 116 valence electrons. The molecule has 0 saturated heterocycles. The van der Waals surface area contributed by atoms with Gasteiger partial charge in [-0.25, -0.2) is 4.98 Å². The van der Waals surface area contributed by atoms with E-state index in [0.717, 1.165) is 41.8 Å². The highest BCUT2D eigenvalue weighted by molar-refractivity contribution is 7.11. The standard InChI is InChI=1S/C17H20N2O2S/c1-2-11-9-18-16(22-11)10-19-17(21)14-7-3-6-13-12(14)5-4-8-15(13)20/h4-5,8-9,14,20H,2-3,6-7,10H2,1H3,(H,19,21). The summed E-state index contributed by atoms with van der Waals surface area (Å²) < 4.78 is 0. The molecule has 1 heterocycles. The van der Waals surface area contributed by atoms with Gasteiger partial charge < -0.3 is 10.4 Å². The van der Waals surface area contributed by atoms with Crippen molar-refractivity contribution in [2.24, 2.45) is 0 Å². The van der Waals surface area contributed by atoms with Gasteiger partial charge in [-0.05, 0) is 42.9 Å². The SMILES string of the molecule is CCc1cnc(CNC(=O)C2CCCc3c(O)cccc32)s1. The zero-order chi connectivity index (χ0) is 15.5. The lowest BCUT2D eigenvalue weighted by atomic mass is 9.82. The molecule has 0 bridgehead atoms. The van der Waals surface area contributed by atoms with Crippen LogP contribution in [-0.4, -0.2) is 16.0 Å². The average molecular weight is 316 g/mol. The molecular weight excluding hydrogens is 296 g/mol. The summed E-state index contributed by atoms with van der Waals surface area (Å²) in [6.45, 7) is 2.58. The first-order valence-electron chi connectivity index (χ1n) is 7.71. The van der Waals surface area contributed by atoms with E-state index in [-0.39, 0.29) is 11.8 Å². The van der Waals surface area contributed by atoms with Gasteiger partial charge in [0.1, 0.15) is 10.8 Å². The summed E-state index contributed by atoms with van der Waals surface area (Å²) in [6.07, 6.45) is 5.46. The quantitative estimate of drug-likeness (QED) is 0.911. The molecule has 2 aromatic rings. The van der Waals surface area contributed by atoms with Crippen LogP contribution in [0.3, 0.4) is 0 Å². The normalized spacial score (nSPS) is 17.0. The van der Waals surface area contributed by atoms with Crippen LogP contribution < -0.4 is 5.32 Å². The Kier molecular flexibility index (Phi) is 4.43. The zero-order valence-corrected chi connectivity index (χ0v) is 13.4. The monoisotopic (exact) mass is 316 g/mol. The van der Waals surface area contributed by atoms with Crippen molar-refractivity contribution in [3.63, 3.8) is 0 Å². The topological polar surface area (TPSA) is 62.2 Å². The van der Waals surface area contributed by atoms with Crippen LogP contribution in [0.15, 0.2) is 24.4 Å². The molecular formula is C17H20N2O2S. The van der Waals surface area contributed by atoms with Crippen molar-refractivity contribution in [1.82, 2.24) is 10.3 Å². The van der Waals surface area contributed by atoms with Gasteiger partial charge in [0.25, 0.3) is 0 Å². The van der Waals surface area contributed by atoms with Gasteiger partial charge in [-0.15, -0.1) is 11.3 Å². The summed E-state index contributed by atoms with van der Waals surface area (Å²) in [6, 6.07) is 5.46.